The predicted molar refractivity (Wildman–Crippen MR) is 46.2 cm³/mol. The van der Waals surface area contributed by atoms with Crippen molar-refractivity contribution in [1.82, 2.24) is 0 Å². The molecule has 4 aliphatic rings. The summed E-state index contributed by atoms with van der Waals surface area (Å²) in [7, 11) is 0. The molecule has 0 aromatic carbocycles. The highest BCUT2D eigenvalue weighted by molar-refractivity contribution is 5.20. The lowest BCUT2D eigenvalue weighted by molar-refractivity contribution is -0.187. The molecule has 0 aliphatic heterocycles. The topological polar surface area (TPSA) is 0 Å². The van der Waals surface area contributed by atoms with Crippen LogP contribution in [0.5, 0.6) is 0 Å². The maximum Gasteiger partial charge on any atom is -0.0230 e. The van der Waals surface area contributed by atoms with Crippen molar-refractivity contribution < 1.29 is 0 Å². The Morgan fingerprint density at radius 1 is 1.45 bits per heavy atom. The zero-order chi connectivity index (χ0) is 7.64. The molecule has 4 aliphatic carbocycles. The van der Waals surface area contributed by atoms with Gasteiger partial charge in [-0.05, 0) is 48.3 Å². The van der Waals surface area contributed by atoms with E-state index >= 15 is 0 Å². The first kappa shape index (κ1) is 6.51. The van der Waals surface area contributed by atoms with E-state index in [1.165, 1.54) is 18.3 Å². The Morgan fingerprint density at radius 2 is 2.27 bits per heavy atom. The molecule has 62 valence electrons. The molecule has 4 fully saturated rings. The highest BCUT2D eigenvalue weighted by atomic mass is 14.8. The molecular formula is C11H18. The Kier molecular flexibility index (Phi) is 0.990. The van der Waals surface area contributed by atoms with E-state index in [2.05, 4.69) is 13.8 Å². The van der Waals surface area contributed by atoms with Crippen molar-refractivity contribution in [3.05, 3.63) is 0 Å². The molecule has 4 rings (SSSR count). The fourth-order valence-corrected chi connectivity index (χ4v) is 5.05. The number of rotatable bonds is 1. The molecule has 0 aromatic rings. The Hall–Kier alpha value is 0. The summed E-state index contributed by atoms with van der Waals surface area (Å²) in [5.41, 5.74) is 0.916. The molecule has 11 heavy (non-hydrogen) atoms. The normalized spacial score (nSPS) is 64.9. The second-order valence-electron chi connectivity index (χ2n) is 5.16. The van der Waals surface area contributed by atoms with Gasteiger partial charge in [-0.1, -0.05) is 20.3 Å². The number of hydrogen-bond acceptors (Lipinski definition) is 0. The Bertz CT molecular complexity index is 188. The van der Waals surface area contributed by atoms with Crippen LogP contribution in [0.4, 0.5) is 0 Å². The molecule has 2 bridgehead atoms. The Balaban J connectivity index is 1.90. The molecule has 0 N–H and O–H groups in total. The molecule has 4 saturated carbocycles. The summed E-state index contributed by atoms with van der Waals surface area (Å²) in [5, 5.41) is 0. The molecule has 0 nitrogen and oxygen atoms in total. The van der Waals surface area contributed by atoms with Crippen molar-refractivity contribution in [1.29, 1.82) is 0 Å². The first-order valence-corrected chi connectivity index (χ1v) is 5.29. The van der Waals surface area contributed by atoms with Crippen molar-refractivity contribution in [2.45, 2.75) is 39.5 Å². The van der Waals surface area contributed by atoms with E-state index in [1.54, 1.807) is 19.3 Å². The standard InChI is InChI=1S/C11H18/c1-3-9-8-4-5-11(9)6-7(2)10(8)11/h7-10H,3-6H2,1-2H3. The van der Waals surface area contributed by atoms with Crippen LogP contribution < -0.4 is 0 Å². The Labute approximate surface area is 69.4 Å². The monoisotopic (exact) mass is 150 g/mol. The van der Waals surface area contributed by atoms with Gasteiger partial charge >= 0.3 is 0 Å². The predicted octanol–water partition coefficient (Wildman–Crippen LogP) is 3.08. The third-order valence-electron chi connectivity index (χ3n) is 5.08. The molecule has 0 radical (unpaired) electrons. The summed E-state index contributed by atoms with van der Waals surface area (Å²) in [5.74, 6) is 4.60. The molecule has 5 unspecified atom stereocenters. The average Bonchev–Trinajstić information content (AvgIpc) is 2.42. The lowest BCUT2D eigenvalue weighted by Gasteiger charge is -2.67. The minimum Gasteiger partial charge on any atom is -0.0651 e. The fraction of sp³-hybridized carbons (Fsp3) is 1.00. The van der Waals surface area contributed by atoms with E-state index in [0.717, 1.165) is 17.3 Å². The van der Waals surface area contributed by atoms with Crippen LogP contribution in [-0.2, 0) is 0 Å². The second kappa shape index (κ2) is 1.67. The highest BCUT2D eigenvalue weighted by Crippen LogP contribution is 2.79. The zero-order valence-corrected chi connectivity index (χ0v) is 7.64. The van der Waals surface area contributed by atoms with Crippen molar-refractivity contribution in [3.63, 3.8) is 0 Å². The molecule has 5 atom stereocenters. The summed E-state index contributed by atoms with van der Waals surface area (Å²) >= 11 is 0. The summed E-state index contributed by atoms with van der Waals surface area (Å²) in [6.07, 6.45) is 6.21. The van der Waals surface area contributed by atoms with Gasteiger partial charge in [0.2, 0.25) is 0 Å². The quantitative estimate of drug-likeness (QED) is 0.539. The average molecular weight is 150 g/mol. The summed E-state index contributed by atoms with van der Waals surface area (Å²) in [6, 6.07) is 0. The maximum absolute atomic E-state index is 2.47. The summed E-state index contributed by atoms with van der Waals surface area (Å²) < 4.78 is 0. The van der Waals surface area contributed by atoms with Gasteiger partial charge in [0.15, 0.2) is 0 Å². The van der Waals surface area contributed by atoms with Crippen LogP contribution in [0.3, 0.4) is 0 Å². The van der Waals surface area contributed by atoms with Gasteiger partial charge in [-0.15, -0.1) is 0 Å². The van der Waals surface area contributed by atoms with Crippen LogP contribution in [0.25, 0.3) is 0 Å². The number of fused-ring (bicyclic) bond motifs is 1. The van der Waals surface area contributed by atoms with Crippen LogP contribution in [0.15, 0.2) is 0 Å². The van der Waals surface area contributed by atoms with E-state index in [9.17, 15) is 0 Å². The van der Waals surface area contributed by atoms with Crippen LogP contribution >= 0.6 is 0 Å². The van der Waals surface area contributed by atoms with Gasteiger partial charge in [0.25, 0.3) is 0 Å². The minimum atomic E-state index is 0.916. The van der Waals surface area contributed by atoms with E-state index in [1.807, 2.05) is 0 Å². The third kappa shape index (κ3) is 0.467. The SMILES string of the molecule is CCC1C2CCC13CC(C)C23. The molecular weight excluding hydrogens is 132 g/mol. The summed E-state index contributed by atoms with van der Waals surface area (Å²) in [4.78, 5) is 0. The second-order valence-corrected chi connectivity index (χ2v) is 5.16. The van der Waals surface area contributed by atoms with E-state index < -0.39 is 0 Å². The molecule has 0 heteroatoms. The zero-order valence-electron chi connectivity index (χ0n) is 7.64. The molecule has 1 spiro atoms. The smallest absolute Gasteiger partial charge is 0.0230 e. The van der Waals surface area contributed by atoms with Crippen LogP contribution in [0.1, 0.15) is 39.5 Å². The van der Waals surface area contributed by atoms with Gasteiger partial charge in [-0.25, -0.2) is 0 Å². The van der Waals surface area contributed by atoms with Gasteiger partial charge in [0.05, 0.1) is 0 Å². The van der Waals surface area contributed by atoms with Crippen LogP contribution in [-0.4, -0.2) is 0 Å². The largest absolute Gasteiger partial charge is 0.0651 e. The Morgan fingerprint density at radius 3 is 2.82 bits per heavy atom. The van der Waals surface area contributed by atoms with Gasteiger partial charge in [0.1, 0.15) is 0 Å². The molecule has 0 aromatic heterocycles. The minimum absolute atomic E-state index is 0.916. The maximum atomic E-state index is 2.47. The van der Waals surface area contributed by atoms with Gasteiger partial charge < -0.3 is 0 Å². The van der Waals surface area contributed by atoms with Gasteiger partial charge in [-0.3, -0.25) is 0 Å². The first-order valence-electron chi connectivity index (χ1n) is 5.29. The van der Waals surface area contributed by atoms with Crippen molar-refractivity contribution >= 4 is 0 Å². The molecule has 0 saturated heterocycles. The lowest BCUT2D eigenvalue weighted by atomic mass is 9.38. The fourth-order valence-electron chi connectivity index (χ4n) is 5.05. The molecule has 0 heterocycles. The van der Waals surface area contributed by atoms with Gasteiger partial charge in [0, 0.05) is 0 Å². The lowest BCUT2D eigenvalue weighted by Crippen LogP contribution is -2.61. The van der Waals surface area contributed by atoms with Gasteiger partial charge in [-0.2, -0.15) is 0 Å². The van der Waals surface area contributed by atoms with Crippen LogP contribution in [0.2, 0.25) is 0 Å². The van der Waals surface area contributed by atoms with Crippen molar-refractivity contribution in [2.75, 3.05) is 0 Å². The van der Waals surface area contributed by atoms with Crippen molar-refractivity contribution in [3.8, 4) is 0 Å². The van der Waals surface area contributed by atoms with E-state index in [4.69, 9.17) is 0 Å². The van der Waals surface area contributed by atoms with Crippen LogP contribution in [0, 0.1) is 29.1 Å². The van der Waals surface area contributed by atoms with E-state index in [-0.39, 0.29) is 0 Å². The molecule has 0 amide bonds. The first-order chi connectivity index (χ1) is 5.29. The third-order valence-corrected chi connectivity index (χ3v) is 5.08. The van der Waals surface area contributed by atoms with Crippen molar-refractivity contribution in [2.24, 2.45) is 29.1 Å². The summed E-state index contributed by atoms with van der Waals surface area (Å²) in [6.45, 7) is 4.86. The van der Waals surface area contributed by atoms with E-state index in [0.29, 0.717) is 0 Å². The highest BCUT2D eigenvalue weighted by Gasteiger charge is 2.72. The number of hydrogen-bond donors (Lipinski definition) is 0.